The Hall–Kier alpha value is -1.73. The molecule has 0 saturated carbocycles. The highest BCUT2D eigenvalue weighted by molar-refractivity contribution is 7.80. The van der Waals surface area contributed by atoms with E-state index in [1.165, 1.54) is 0 Å². The van der Waals surface area contributed by atoms with Gasteiger partial charge in [-0.1, -0.05) is 0 Å². The lowest BCUT2D eigenvalue weighted by molar-refractivity contribution is -0.122. The molecule has 19 heavy (non-hydrogen) atoms. The number of aromatic nitrogens is 2. The summed E-state index contributed by atoms with van der Waals surface area (Å²) in [5.41, 5.74) is 1.34. The predicted molar refractivity (Wildman–Crippen MR) is 75.1 cm³/mol. The summed E-state index contributed by atoms with van der Waals surface area (Å²) in [6.07, 6.45) is 6.03. The Morgan fingerprint density at radius 1 is 1.58 bits per heavy atom. The molecule has 1 aliphatic rings. The van der Waals surface area contributed by atoms with E-state index in [-0.39, 0.29) is 5.91 Å². The monoisotopic (exact) mass is 280 g/mol. The van der Waals surface area contributed by atoms with Gasteiger partial charge < -0.3 is 10.1 Å². The molecule has 1 aromatic rings. The largest absolute Gasteiger partial charge is 0.385 e. The third-order valence-corrected chi connectivity index (χ3v) is 3.05. The second-order valence-electron chi connectivity index (χ2n) is 4.24. The van der Waals surface area contributed by atoms with Gasteiger partial charge in [0.2, 0.25) is 0 Å². The maximum atomic E-state index is 12.2. The first kappa shape index (κ1) is 13.7. The minimum Gasteiger partial charge on any atom is -0.385 e. The summed E-state index contributed by atoms with van der Waals surface area (Å²) in [7, 11) is 3.46. The van der Waals surface area contributed by atoms with Crippen LogP contribution in [-0.2, 0) is 16.6 Å². The minimum atomic E-state index is -0.107. The predicted octanol–water partition coefficient (Wildman–Crippen LogP) is 0.514. The highest BCUT2D eigenvalue weighted by Gasteiger charge is 2.29. The van der Waals surface area contributed by atoms with Crippen molar-refractivity contribution in [2.45, 2.75) is 6.42 Å². The van der Waals surface area contributed by atoms with Gasteiger partial charge in [0.15, 0.2) is 5.11 Å². The van der Waals surface area contributed by atoms with Gasteiger partial charge in [0.1, 0.15) is 5.70 Å². The van der Waals surface area contributed by atoms with E-state index in [2.05, 4.69) is 10.4 Å². The summed E-state index contributed by atoms with van der Waals surface area (Å²) in [5.74, 6) is -0.107. The fourth-order valence-corrected chi connectivity index (χ4v) is 2.11. The van der Waals surface area contributed by atoms with Crippen LogP contribution < -0.4 is 5.32 Å². The first-order valence-corrected chi connectivity index (χ1v) is 6.35. The number of ether oxygens (including phenoxy) is 1. The van der Waals surface area contributed by atoms with Crippen molar-refractivity contribution in [1.82, 2.24) is 20.0 Å². The SMILES string of the molecule is COCCCN1C(=O)C(=Cc2cnn(C)c2)NC1=S. The molecule has 1 fully saturated rings. The van der Waals surface area contributed by atoms with Crippen LogP contribution in [0.3, 0.4) is 0 Å². The lowest BCUT2D eigenvalue weighted by Crippen LogP contribution is -2.32. The van der Waals surface area contributed by atoms with Gasteiger partial charge in [-0.2, -0.15) is 5.10 Å². The molecular formula is C12H16N4O2S. The maximum absolute atomic E-state index is 12.2. The van der Waals surface area contributed by atoms with E-state index in [4.69, 9.17) is 17.0 Å². The Morgan fingerprint density at radius 2 is 2.37 bits per heavy atom. The summed E-state index contributed by atoms with van der Waals surface area (Å²) >= 11 is 5.16. The van der Waals surface area contributed by atoms with Crippen LogP contribution in [0.15, 0.2) is 18.1 Å². The van der Waals surface area contributed by atoms with E-state index in [1.807, 2.05) is 13.2 Å². The number of carbonyl (C=O) groups is 1. The molecule has 1 amide bonds. The molecule has 0 aromatic carbocycles. The number of nitrogens with zero attached hydrogens (tertiary/aromatic N) is 3. The van der Waals surface area contributed by atoms with E-state index in [0.717, 1.165) is 12.0 Å². The van der Waals surface area contributed by atoms with Gasteiger partial charge in [0.25, 0.3) is 5.91 Å². The van der Waals surface area contributed by atoms with Crippen LogP contribution in [0, 0.1) is 0 Å². The number of hydrogen-bond acceptors (Lipinski definition) is 4. The van der Waals surface area contributed by atoms with Crippen molar-refractivity contribution in [3.8, 4) is 0 Å². The Labute approximate surface area is 117 Å². The van der Waals surface area contributed by atoms with Crippen molar-refractivity contribution >= 4 is 29.3 Å². The highest BCUT2D eigenvalue weighted by Crippen LogP contribution is 2.14. The van der Waals surface area contributed by atoms with Crippen LogP contribution in [0.2, 0.25) is 0 Å². The first-order chi connectivity index (χ1) is 9.11. The Balaban J connectivity index is 2.07. The van der Waals surface area contributed by atoms with Gasteiger partial charge in [0.05, 0.1) is 6.20 Å². The molecule has 1 aromatic heterocycles. The van der Waals surface area contributed by atoms with Gasteiger partial charge in [0, 0.05) is 39.1 Å². The van der Waals surface area contributed by atoms with Crippen LogP contribution in [-0.4, -0.2) is 46.0 Å². The normalized spacial score (nSPS) is 17.4. The van der Waals surface area contributed by atoms with E-state index >= 15 is 0 Å². The van der Waals surface area contributed by atoms with Crippen molar-refractivity contribution in [3.63, 3.8) is 0 Å². The summed E-state index contributed by atoms with van der Waals surface area (Å²) in [4.78, 5) is 13.7. The fraction of sp³-hybridized carbons (Fsp3) is 0.417. The Bertz CT molecular complexity index is 524. The molecule has 0 bridgehead atoms. The van der Waals surface area contributed by atoms with Crippen LogP contribution >= 0.6 is 12.2 Å². The van der Waals surface area contributed by atoms with E-state index in [0.29, 0.717) is 24.0 Å². The molecule has 7 heteroatoms. The summed E-state index contributed by atoms with van der Waals surface area (Å²) in [5, 5.41) is 7.42. The zero-order chi connectivity index (χ0) is 13.8. The molecule has 6 nitrogen and oxygen atoms in total. The Morgan fingerprint density at radius 3 is 3.00 bits per heavy atom. The molecule has 1 aliphatic heterocycles. The molecule has 1 saturated heterocycles. The van der Waals surface area contributed by atoms with Crippen molar-refractivity contribution < 1.29 is 9.53 Å². The van der Waals surface area contributed by atoms with Crippen LogP contribution in [0.1, 0.15) is 12.0 Å². The number of hydrogen-bond donors (Lipinski definition) is 1. The maximum Gasteiger partial charge on any atom is 0.276 e. The van der Waals surface area contributed by atoms with Gasteiger partial charge in [-0.25, -0.2) is 0 Å². The molecule has 0 spiro atoms. The zero-order valence-electron chi connectivity index (χ0n) is 10.9. The highest BCUT2D eigenvalue weighted by atomic mass is 32.1. The fourth-order valence-electron chi connectivity index (χ4n) is 1.82. The molecule has 102 valence electrons. The van der Waals surface area contributed by atoms with E-state index in [9.17, 15) is 4.79 Å². The number of rotatable bonds is 5. The topological polar surface area (TPSA) is 59.4 Å². The molecule has 0 atom stereocenters. The van der Waals surface area contributed by atoms with Gasteiger partial charge in [-0.3, -0.25) is 14.4 Å². The third-order valence-electron chi connectivity index (χ3n) is 2.73. The summed E-state index contributed by atoms with van der Waals surface area (Å²) < 4.78 is 6.65. The van der Waals surface area contributed by atoms with Crippen molar-refractivity contribution in [3.05, 3.63) is 23.7 Å². The number of thiocarbonyl (C=S) groups is 1. The number of nitrogens with one attached hydrogen (secondary N) is 1. The lowest BCUT2D eigenvalue weighted by Gasteiger charge is -2.12. The molecule has 0 unspecified atom stereocenters. The summed E-state index contributed by atoms with van der Waals surface area (Å²) in [6, 6.07) is 0. The average Bonchev–Trinajstić information content (AvgIpc) is 2.88. The third kappa shape index (κ3) is 3.18. The van der Waals surface area contributed by atoms with Gasteiger partial charge >= 0.3 is 0 Å². The van der Waals surface area contributed by atoms with Gasteiger partial charge in [-0.15, -0.1) is 0 Å². The average molecular weight is 280 g/mol. The second kappa shape index (κ2) is 5.94. The van der Waals surface area contributed by atoms with Crippen LogP contribution in [0.4, 0.5) is 0 Å². The van der Waals surface area contributed by atoms with E-state index in [1.54, 1.807) is 29.0 Å². The smallest absolute Gasteiger partial charge is 0.276 e. The van der Waals surface area contributed by atoms with E-state index < -0.39 is 0 Å². The standard InChI is InChI=1S/C12H16N4O2S/c1-15-8-9(7-13-15)6-10-11(17)16(12(19)14-10)4-3-5-18-2/h6-8H,3-5H2,1-2H3,(H,14,19). The zero-order valence-corrected chi connectivity index (χ0v) is 11.7. The second-order valence-corrected chi connectivity index (χ2v) is 4.63. The van der Waals surface area contributed by atoms with Gasteiger partial charge in [-0.05, 0) is 24.7 Å². The van der Waals surface area contributed by atoms with Crippen molar-refractivity contribution in [1.29, 1.82) is 0 Å². The summed E-state index contributed by atoms with van der Waals surface area (Å²) in [6.45, 7) is 1.16. The lowest BCUT2D eigenvalue weighted by atomic mass is 10.2. The number of aryl methyl sites for hydroxylation is 1. The molecule has 1 N–H and O–H groups in total. The minimum absolute atomic E-state index is 0.107. The first-order valence-electron chi connectivity index (χ1n) is 5.94. The molecule has 2 heterocycles. The number of amides is 1. The van der Waals surface area contributed by atoms with Crippen molar-refractivity contribution in [2.24, 2.45) is 7.05 Å². The van der Waals surface area contributed by atoms with Crippen molar-refractivity contribution in [2.75, 3.05) is 20.3 Å². The van der Waals surface area contributed by atoms with Crippen LogP contribution in [0.5, 0.6) is 0 Å². The molecule has 2 rings (SSSR count). The molecular weight excluding hydrogens is 264 g/mol. The van der Waals surface area contributed by atoms with Crippen LogP contribution in [0.25, 0.3) is 6.08 Å². The number of methoxy groups -OCH3 is 1. The number of carbonyl (C=O) groups excluding carboxylic acids is 1. The molecule has 0 radical (unpaired) electrons. The quantitative estimate of drug-likeness (QED) is 0.484. The molecule has 0 aliphatic carbocycles. The Kier molecular flexibility index (Phi) is 4.28.